The minimum Gasteiger partial charge on any atom is -0.491 e. The lowest BCUT2D eigenvalue weighted by atomic mass is 9.92. The number of ether oxygens (including phenoxy) is 4. The van der Waals surface area contributed by atoms with Gasteiger partial charge in [-0.1, -0.05) is 31.2 Å². The third-order valence-electron chi connectivity index (χ3n) is 5.11. The number of fused-ring (bicyclic) bond motifs is 1. The second-order valence-electron chi connectivity index (χ2n) is 7.56. The second kappa shape index (κ2) is 12.5. The van der Waals surface area contributed by atoms with E-state index in [1.54, 1.807) is 42.5 Å². The number of carbonyl (C=O) groups is 2. The lowest BCUT2D eigenvalue weighted by Crippen LogP contribution is -2.22. The van der Waals surface area contributed by atoms with Crippen molar-refractivity contribution in [2.45, 2.75) is 25.9 Å². The number of aliphatic hydroxyl groups is 1. The molecule has 0 saturated carbocycles. The van der Waals surface area contributed by atoms with Crippen LogP contribution in [-0.2, 0) is 9.53 Å². The molecule has 10 nitrogen and oxygen atoms in total. The number of nitrogens with one attached hydrogen (secondary N) is 2. The largest absolute Gasteiger partial charge is 0.491 e. The van der Waals surface area contributed by atoms with Gasteiger partial charge in [0.15, 0.2) is 11.5 Å². The molecule has 3 rings (SSSR count). The van der Waals surface area contributed by atoms with Gasteiger partial charge >= 0.3 is 6.09 Å². The third-order valence-corrected chi connectivity index (χ3v) is 5.11. The van der Waals surface area contributed by atoms with Crippen LogP contribution in [0, 0.1) is 5.92 Å². The summed E-state index contributed by atoms with van der Waals surface area (Å²) in [5.41, 5.74) is 2.68. The van der Waals surface area contributed by atoms with Gasteiger partial charge in [0.1, 0.15) is 18.5 Å². The van der Waals surface area contributed by atoms with E-state index < -0.39 is 18.1 Å². The quantitative estimate of drug-likeness (QED) is 0.221. The van der Waals surface area contributed by atoms with Gasteiger partial charge in [-0.2, -0.15) is 0 Å². The minimum atomic E-state index is -0.677. The summed E-state index contributed by atoms with van der Waals surface area (Å²) in [5.74, 6) is 0.849. The summed E-state index contributed by atoms with van der Waals surface area (Å²) in [7, 11) is 0. The van der Waals surface area contributed by atoms with E-state index >= 15 is 0 Å². The molecule has 0 aliphatic carbocycles. The molecular formula is C24H28N2O8. The summed E-state index contributed by atoms with van der Waals surface area (Å²) in [4.78, 5) is 24.0. The fourth-order valence-electron chi connectivity index (χ4n) is 3.46. The predicted octanol–water partition coefficient (Wildman–Crippen LogP) is 3.55. The Morgan fingerprint density at radius 1 is 1.18 bits per heavy atom. The van der Waals surface area contributed by atoms with Crippen molar-refractivity contribution in [1.82, 2.24) is 5.48 Å². The number of amides is 2. The third kappa shape index (κ3) is 6.87. The highest BCUT2D eigenvalue weighted by Crippen LogP contribution is 2.37. The SMILES string of the molecule is C[C@H](CC/C=C/C(=O)NO)[C@H](OC(=O)Nc1ccc2c(c1)OCO2)c1ccccc1OCCO. The van der Waals surface area contributed by atoms with Crippen LogP contribution in [0.4, 0.5) is 10.5 Å². The minimum absolute atomic E-state index is 0.0977. The molecule has 10 heteroatoms. The molecule has 2 aromatic rings. The van der Waals surface area contributed by atoms with Crippen LogP contribution in [-0.4, -0.2) is 42.3 Å². The first-order valence-corrected chi connectivity index (χ1v) is 10.8. The smallest absolute Gasteiger partial charge is 0.412 e. The average Bonchev–Trinajstić information content (AvgIpc) is 3.31. The van der Waals surface area contributed by atoms with Crippen molar-refractivity contribution in [1.29, 1.82) is 0 Å². The molecule has 1 aliphatic rings. The van der Waals surface area contributed by atoms with Crippen LogP contribution in [0.5, 0.6) is 17.2 Å². The molecular weight excluding hydrogens is 444 g/mol. The first-order chi connectivity index (χ1) is 16.5. The monoisotopic (exact) mass is 472 g/mol. The topological polar surface area (TPSA) is 136 Å². The first-order valence-electron chi connectivity index (χ1n) is 10.8. The Morgan fingerprint density at radius 3 is 2.76 bits per heavy atom. The normalized spacial score (nSPS) is 13.9. The van der Waals surface area contributed by atoms with E-state index in [1.807, 2.05) is 13.0 Å². The Morgan fingerprint density at radius 2 is 1.97 bits per heavy atom. The number of benzene rings is 2. The van der Waals surface area contributed by atoms with Gasteiger partial charge in [0, 0.05) is 23.4 Å². The molecule has 1 aliphatic heterocycles. The van der Waals surface area contributed by atoms with Crippen molar-refractivity contribution in [3.8, 4) is 17.2 Å². The summed E-state index contributed by atoms with van der Waals surface area (Å²) in [6.07, 6.45) is 2.60. The summed E-state index contributed by atoms with van der Waals surface area (Å²) in [5, 5.41) is 20.5. The molecule has 1 heterocycles. The molecule has 4 N–H and O–H groups in total. The van der Waals surface area contributed by atoms with Crippen molar-refractivity contribution in [2.24, 2.45) is 5.92 Å². The molecule has 0 radical (unpaired) electrons. The van der Waals surface area contributed by atoms with E-state index in [-0.39, 0.29) is 25.9 Å². The number of hydrogen-bond acceptors (Lipinski definition) is 8. The van der Waals surface area contributed by atoms with Crippen molar-refractivity contribution < 1.29 is 38.9 Å². The van der Waals surface area contributed by atoms with Crippen molar-refractivity contribution >= 4 is 17.7 Å². The van der Waals surface area contributed by atoms with Gasteiger partial charge in [0.25, 0.3) is 5.91 Å². The lowest BCUT2D eigenvalue weighted by Gasteiger charge is -2.26. The average molecular weight is 472 g/mol. The Hall–Kier alpha value is -3.76. The van der Waals surface area contributed by atoms with Gasteiger partial charge in [-0.15, -0.1) is 0 Å². The van der Waals surface area contributed by atoms with Crippen LogP contribution in [0.25, 0.3) is 0 Å². The number of para-hydroxylation sites is 1. The van der Waals surface area contributed by atoms with Gasteiger partial charge in [0.05, 0.1) is 6.61 Å². The van der Waals surface area contributed by atoms with E-state index in [0.717, 1.165) is 0 Å². The molecule has 2 atom stereocenters. The molecule has 0 aromatic heterocycles. The van der Waals surface area contributed by atoms with Gasteiger partial charge < -0.3 is 24.1 Å². The maximum absolute atomic E-state index is 12.8. The van der Waals surface area contributed by atoms with Crippen LogP contribution in [0.15, 0.2) is 54.6 Å². The Kier molecular flexibility index (Phi) is 9.12. The zero-order valence-corrected chi connectivity index (χ0v) is 18.7. The highest BCUT2D eigenvalue weighted by atomic mass is 16.7. The van der Waals surface area contributed by atoms with Gasteiger partial charge in [0.2, 0.25) is 6.79 Å². The molecule has 0 unspecified atom stereocenters. The van der Waals surface area contributed by atoms with Crippen LogP contribution in [0.3, 0.4) is 0 Å². The fourth-order valence-corrected chi connectivity index (χ4v) is 3.46. The zero-order chi connectivity index (χ0) is 24.3. The summed E-state index contributed by atoms with van der Waals surface area (Å²) in [6, 6.07) is 12.2. The molecule has 34 heavy (non-hydrogen) atoms. The maximum Gasteiger partial charge on any atom is 0.412 e. The molecule has 0 saturated heterocycles. The molecule has 0 spiro atoms. The first kappa shape index (κ1) is 24.9. The van der Waals surface area contributed by atoms with Crippen molar-refractivity contribution in [3.63, 3.8) is 0 Å². The standard InChI is InChI=1S/C24H28N2O8/c1-16(6-2-5-9-22(28)26-30)23(18-7-3-4-8-19(18)31-13-12-27)34-24(29)25-17-10-11-20-21(14-17)33-15-32-20/h3-5,7-11,14,16,23,27,30H,2,6,12-13,15H2,1H3,(H,25,29)(H,26,28)/b9-5+/t16-,23+/m1/s1. The Bertz CT molecular complexity index is 1010. The van der Waals surface area contributed by atoms with Crippen LogP contribution >= 0.6 is 0 Å². The Balaban J connectivity index is 1.75. The van der Waals surface area contributed by atoms with Crippen LogP contribution < -0.4 is 25.0 Å². The lowest BCUT2D eigenvalue weighted by molar-refractivity contribution is -0.124. The van der Waals surface area contributed by atoms with Crippen molar-refractivity contribution in [3.05, 3.63) is 60.2 Å². The number of hydrogen-bond donors (Lipinski definition) is 4. The number of allylic oxidation sites excluding steroid dienone is 1. The van der Waals surface area contributed by atoms with E-state index in [2.05, 4.69) is 5.32 Å². The van der Waals surface area contributed by atoms with Crippen LogP contribution in [0.1, 0.15) is 31.4 Å². The van der Waals surface area contributed by atoms with Gasteiger partial charge in [-0.25, -0.2) is 10.3 Å². The molecule has 0 bridgehead atoms. The molecule has 2 amide bonds. The molecule has 182 valence electrons. The summed E-state index contributed by atoms with van der Waals surface area (Å²) in [6.45, 7) is 1.99. The van der Waals surface area contributed by atoms with E-state index in [9.17, 15) is 9.59 Å². The summed E-state index contributed by atoms with van der Waals surface area (Å²) >= 11 is 0. The van der Waals surface area contributed by atoms with E-state index in [1.165, 1.54) is 11.6 Å². The number of carbonyl (C=O) groups excluding carboxylic acids is 2. The fraction of sp³-hybridized carbons (Fsp3) is 0.333. The predicted molar refractivity (Wildman–Crippen MR) is 122 cm³/mol. The van der Waals surface area contributed by atoms with Gasteiger partial charge in [-0.3, -0.25) is 15.3 Å². The Labute approximate surface area is 197 Å². The van der Waals surface area contributed by atoms with E-state index in [0.29, 0.717) is 41.3 Å². The van der Waals surface area contributed by atoms with Crippen LogP contribution in [0.2, 0.25) is 0 Å². The number of hydroxylamine groups is 1. The molecule has 2 aromatic carbocycles. The maximum atomic E-state index is 12.8. The number of aliphatic hydroxyl groups excluding tert-OH is 1. The van der Waals surface area contributed by atoms with Gasteiger partial charge in [-0.05, 0) is 37.0 Å². The molecule has 0 fully saturated rings. The van der Waals surface area contributed by atoms with Crippen molar-refractivity contribution in [2.75, 3.05) is 25.3 Å². The zero-order valence-electron chi connectivity index (χ0n) is 18.7. The number of rotatable bonds is 11. The van der Waals surface area contributed by atoms with E-state index in [4.69, 9.17) is 29.3 Å². The second-order valence-corrected chi connectivity index (χ2v) is 7.56. The number of anilines is 1. The summed E-state index contributed by atoms with van der Waals surface area (Å²) < 4.78 is 22.1. The highest BCUT2D eigenvalue weighted by Gasteiger charge is 2.27. The highest BCUT2D eigenvalue weighted by molar-refractivity contribution is 5.86.